The number of nitrogens with zero attached hydrogens (tertiary/aromatic N) is 1. The molecular weight excluding hydrogens is 239 g/mol. The van der Waals surface area contributed by atoms with Gasteiger partial charge in [0.05, 0.1) is 5.03 Å². The molecule has 0 aliphatic heterocycles. The molecule has 0 aliphatic rings. The molecule has 0 bridgehead atoms. The van der Waals surface area contributed by atoms with Crippen LogP contribution in [0.2, 0.25) is 0 Å². The topological polar surface area (TPSA) is 62.8 Å². The zero-order chi connectivity index (χ0) is 12.2. The highest BCUT2D eigenvalue weighted by Crippen LogP contribution is 2.30. The number of amidine groups is 1. The van der Waals surface area contributed by atoms with Gasteiger partial charge in [-0.25, -0.2) is 4.98 Å². The summed E-state index contributed by atoms with van der Waals surface area (Å²) in [6, 6.07) is 4.97. The third-order valence-electron chi connectivity index (χ3n) is 1.81. The van der Waals surface area contributed by atoms with E-state index in [9.17, 15) is 13.2 Å². The second-order valence-corrected chi connectivity index (χ2v) is 4.07. The number of aromatic nitrogens is 1. The van der Waals surface area contributed by atoms with Crippen LogP contribution in [-0.4, -0.2) is 22.7 Å². The number of nitrogens with one attached hydrogen (secondary N) is 1. The highest BCUT2D eigenvalue weighted by molar-refractivity contribution is 7.99. The van der Waals surface area contributed by atoms with Crippen molar-refractivity contribution in [2.45, 2.75) is 11.2 Å². The van der Waals surface area contributed by atoms with Gasteiger partial charge >= 0.3 is 6.18 Å². The van der Waals surface area contributed by atoms with Gasteiger partial charge in [-0.2, -0.15) is 13.2 Å². The lowest BCUT2D eigenvalue weighted by Crippen LogP contribution is -2.36. The summed E-state index contributed by atoms with van der Waals surface area (Å²) in [5, 5.41) is 7.38. The zero-order valence-corrected chi connectivity index (χ0v) is 8.98. The van der Waals surface area contributed by atoms with Crippen LogP contribution < -0.4 is 5.73 Å². The molecule has 0 amide bonds. The number of thioether (sulfide) groups is 1. The van der Waals surface area contributed by atoms with E-state index < -0.39 is 17.9 Å². The predicted octanol–water partition coefficient (Wildman–Crippen LogP) is 2.29. The Bertz CT molecular complexity index is 353. The van der Waals surface area contributed by atoms with Crippen LogP contribution in [0.25, 0.3) is 0 Å². The Morgan fingerprint density at radius 3 is 2.62 bits per heavy atom. The van der Waals surface area contributed by atoms with Crippen molar-refractivity contribution in [2.24, 2.45) is 11.7 Å². The molecule has 0 saturated carbocycles. The maximum absolute atomic E-state index is 12.4. The SMILES string of the molecule is N=C(N)C(CSc1ccccn1)C(F)(F)F. The van der Waals surface area contributed by atoms with E-state index in [-0.39, 0.29) is 5.75 Å². The molecule has 0 saturated heterocycles. The quantitative estimate of drug-likeness (QED) is 0.489. The Balaban J connectivity index is 2.62. The Kier molecular flexibility index (Phi) is 4.17. The van der Waals surface area contributed by atoms with E-state index in [4.69, 9.17) is 11.1 Å². The van der Waals surface area contributed by atoms with Crippen LogP contribution in [0, 0.1) is 11.3 Å². The van der Waals surface area contributed by atoms with Crippen LogP contribution in [0.4, 0.5) is 13.2 Å². The van der Waals surface area contributed by atoms with Gasteiger partial charge in [-0.15, -0.1) is 11.8 Å². The molecule has 3 nitrogen and oxygen atoms in total. The standard InChI is InChI=1S/C9H10F3N3S/c10-9(11,12)6(8(13)14)5-16-7-3-1-2-4-15-7/h1-4,6H,5H2,(H3,13,14). The fourth-order valence-electron chi connectivity index (χ4n) is 0.962. The minimum absolute atomic E-state index is 0.324. The molecule has 1 aromatic heterocycles. The van der Waals surface area contributed by atoms with Crippen molar-refractivity contribution in [1.29, 1.82) is 5.41 Å². The van der Waals surface area contributed by atoms with Crippen molar-refractivity contribution in [1.82, 2.24) is 4.98 Å². The number of pyridine rings is 1. The molecule has 7 heteroatoms. The first-order valence-electron chi connectivity index (χ1n) is 4.35. The summed E-state index contributed by atoms with van der Waals surface area (Å²) in [5.74, 6) is -3.11. The lowest BCUT2D eigenvalue weighted by Gasteiger charge is -2.17. The van der Waals surface area contributed by atoms with Crippen LogP contribution >= 0.6 is 11.8 Å². The molecule has 0 fully saturated rings. The lowest BCUT2D eigenvalue weighted by molar-refractivity contribution is -0.149. The van der Waals surface area contributed by atoms with E-state index in [0.717, 1.165) is 11.8 Å². The maximum Gasteiger partial charge on any atom is 0.399 e. The van der Waals surface area contributed by atoms with Gasteiger partial charge in [-0.3, -0.25) is 5.41 Å². The van der Waals surface area contributed by atoms with E-state index in [1.807, 2.05) is 0 Å². The number of alkyl halides is 3. The van der Waals surface area contributed by atoms with Gasteiger partial charge in [-0.1, -0.05) is 6.07 Å². The van der Waals surface area contributed by atoms with Crippen LogP contribution in [-0.2, 0) is 0 Å². The lowest BCUT2D eigenvalue weighted by atomic mass is 10.1. The maximum atomic E-state index is 12.4. The normalized spacial score (nSPS) is 13.4. The monoisotopic (exact) mass is 249 g/mol. The van der Waals surface area contributed by atoms with E-state index in [0.29, 0.717) is 5.03 Å². The number of nitrogens with two attached hydrogens (primary N) is 1. The first-order chi connectivity index (χ1) is 7.41. The number of hydrogen-bond acceptors (Lipinski definition) is 3. The van der Waals surface area contributed by atoms with Gasteiger partial charge < -0.3 is 5.73 Å². The highest BCUT2D eigenvalue weighted by Gasteiger charge is 2.41. The molecule has 0 spiro atoms. The molecule has 0 radical (unpaired) electrons. The molecule has 1 atom stereocenters. The van der Waals surface area contributed by atoms with Crippen molar-refractivity contribution < 1.29 is 13.2 Å². The summed E-state index contributed by atoms with van der Waals surface area (Å²) in [6.45, 7) is 0. The van der Waals surface area contributed by atoms with Gasteiger partial charge in [0.25, 0.3) is 0 Å². The Morgan fingerprint density at radius 1 is 1.50 bits per heavy atom. The van der Waals surface area contributed by atoms with Crippen molar-refractivity contribution in [2.75, 3.05) is 5.75 Å². The third-order valence-corrected chi connectivity index (χ3v) is 2.84. The summed E-state index contributed by atoms with van der Waals surface area (Å²) in [4.78, 5) is 3.88. The minimum Gasteiger partial charge on any atom is -0.387 e. The molecule has 0 aromatic carbocycles. The second-order valence-electron chi connectivity index (χ2n) is 3.03. The molecule has 3 N–H and O–H groups in total. The highest BCUT2D eigenvalue weighted by atomic mass is 32.2. The number of rotatable bonds is 4. The van der Waals surface area contributed by atoms with E-state index in [1.165, 1.54) is 6.20 Å². The molecule has 16 heavy (non-hydrogen) atoms. The van der Waals surface area contributed by atoms with Crippen LogP contribution in [0.3, 0.4) is 0 Å². The summed E-state index contributed by atoms with van der Waals surface area (Å²) in [6.07, 6.45) is -2.98. The van der Waals surface area contributed by atoms with Gasteiger partial charge in [0.2, 0.25) is 0 Å². The van der Waals surface area contributed by atoms with Crippen LogP contribution in [0.5, 0.6) is 0 Å². The third kappa shape index (κ3) is 3.73. The van der Waals surface area contributed by atoms with Crippen molar-refractivity contribution >= 4 is 17.6 Å². The van der Waals surface area contributed by atoms with Gasteiger partial charge in [0.15, 0.2) is 0 Å². The average molecular weight is 249 g/mol. The predicted molar refractivity (Wildman–Crippen MR) is 56.4 cm³/mol. The minimum atomic E-state index is -4.48. The second kappa shape index (κ2) is 5.20. The molecule has 88 valence electrons. The van der Waals surface area contributed by atoms with E-state index >= 15 is 0 Å². The molecule has 1 aromatic rings. The van der Waals surface area contributed by atoms with Crippen molar-refractivity contribution in [3.05, 3.63) is 24.4 Å². The van der Waals surface area contributed by atoms with Gasteiger partial charge in [0, 0.05) is 11.9 Å². The summed E-state index contributed by atoms with van der Waals surface area (Å²) in [5.41, 5.74) is 4.92. The Labute approximate surface area is 94.8 Å². The smallest absolute Gasteiger partial charge is 0.387 e. The van der Waals surface area contributed by atoms with Gasteiger partial charge in [0.1, 0.15) is 11.8 Å². The van der Waals surface area contributed by atoms with Crippen molar-refractivity contribution in [3.8, 4) is 0 Å². The largest absolute Gasteiger partial charge is 0.399 e. The summed E-state index contributed by atoms with van der Waals surface area (Å²) < 4.78 is 37.3. The zero-order valence-electron chi connectivity index (χ0n) is 8.16. The molecule has 1 rings (SSSR count). The first-order valence-corrected chi connectivity index (χ1v) is 5.34. The molecule has 1 heterocycles. The average Bonchev–Trinajstić information content (AvgIpc) is 2.17. The number of halogens is 3. The molecule has 0 aliphatic carbocycles. The Hall–Kier alpha value is -1.24. The fourth-order valence-corrected chi connectivity index (χ4v) is 1.98. The van der Waals surface area contributed by atoms with Gasteiger partial charge in [-0.05, 0) is 12.1 Å². The van der Waals surface area contributed by atoms with Crippen molar-refractivity contribution in [3.63, 3.8) is 0 Å². The molecule has 1 unspecified atom stereocenters. The van der Waals surface area contributed by atoms with E-state index in [2.05, 4.69) is 4.98 Å². The van der Waals surface area contributed by atoms with Crippen LogP contribution in [0.15, 0.2) is 29.4 Å². The first kappa shape index (κ1) is 12.8. The van der Waals surface area contributed by atoms with Crippen LogP contribution in [0.1, 0.15) is 0 Å². The molecular formula is C9H10F3N3S. The fraction of sp³-hybridized carbons (Fsp3) is 0.333. The summed E-state index contributed by atoms with van der Waals surface area (Å²) in [7, 11) is 0. The Morgan fingerprint density at radius 2 is 2.19 bits per heavy atom. The van der Waals surface area contributed by atoms with E-state index in [1.54, 1.807) is 18.2 Å². The summed E-state index contributed by atoms with van der Waals surface area (Å²) >= 11 is 0.932. The number of hydrogen-bond donors (Lipinski definition) is 2.